The van der Waals surface area contributed by atoms with Crippen molar-refractivity contribution in [3.63, 3.8) is 0 Å². The second kappa shape index (κ2) is 4.62. The minimum absolute atomic E-state index is 0.293. The van der Waals surface area contributed by atoms with Crippen LogP contribution in [-0.4, -0.2) is 30.6 Å². The van der Waals surface area contributed by atoms with E-state index < -0.39 is 10.0 Å². The monoisotopic (exact) mass is 329 g/mol. The molecule has 1 fully saturated rings. The van der Waals surface area contributed by atoms with Gasteiger partial charge >= 0.3 is 0 Å². The van der Waals surface area contributed by atoms with Gasteiger partial charge in [0.2, 0.25) is 10.0 Å². The largest absolute Gasteiger partial charge is 0.243 e. The van der Waals surface area contributed by atoms with Crippen molar-refractivity contribution in [2.75, 3.05) is 13.1 Å². The van der Waals surface area contributed by atoms with Gasteiger partial charge in [-0.05, 0) is 48.9 Å². The van der Waals surface area contributed by atoms with E-state index in [4.69, 9.17) is 0 Å². The molecule has 0 amide bonds. The Labute approximate surface area is 116 Å². The van der Waals surface area contributed by atoms with Crippen LogP contribution < -0.4 is 0 Å². The Morgan fingerprint density at radius 2 is 2.00 bits per heavy atom. The molecule has 0 N–H and O–H groups in total. The van der Waals surface area contributed by atoms with Crippen molar-refractivity contribution >= 4 is 26.0 Å². The van der Waals surface area contributed by atoms with Crippen molar-refractivity contribution in [3.05, 3.63) is 29.3 Å². The maximum absolute atomic E-state index is 12.5. The van der Waals surface area contributed by atoms with Gasteiger partial charge in [0.1, 0.15) is 0 Å². The Morgan fingerprint density at radius 1 is 1.22 bits per heavy atom. The predicted molar refractivity (Wildman–Crippen MR) is 74.6 cm³/mol. The van der Waals surface area contributed by atoms with Crippen LogP contribution >= 0.6 is 15.9 Å². The van der Waals surface area contributed by atoms with Gasteiger partial charge in [-0.2, -0.15) is 4.31 Å². The lowest BCUT2D eigenvalue weighted by atomic mass is 10.1. The quantitative estimate of drug-likeness (QED) is 0.781. The van der Waals surface area contributed by atoms with Gasteiger partial charge in [-0.15, -0.1) is 0 Å². The molecule has 0 saturated carbocycles. The van der Waals surface area contributed by atoms with E-state index in [2.05, 4.69) is 15.9 Å². The Morgan fingerprint density at radius 3 is 2.72 bits per heavy atom. The van der Waals surface area contributed by atoms with E-state index in [0.717, 1.165) is 25.7 Å². The second-order valence-corrected chi connectivity index (χ2v) is 8.27. The summed E-state index contributed by atoms with van der Waals surface area (Å²) in [7, 11) is -3.29. The second-order valence-electron chi connectivity index (χ2n) is 5.03. The third-order valence-corrected chi connectivity index (χ3v) is 6.41. The molecule has 3 rings (SSSR count). The number of halogens is 1. The van der Waals surface area contributed by atoms with E-state index in [9.17, 15) is 8.42 Å². The summed E-state index contributed by atoms with van der Waals surface area (Å²) in [6.45, 7) is 1.20. The Balaban J connectivity index is 1.94. The third kappa shape index (κ3) is 2.12. The van der Waals surface area contributed by atoms with E-state index in [-0.39, 0.29) is 0 Å². The molecular formula is C13H16BrNO2S. The highest BCUT2D eigenvalue weighted by Crippen LogP contribution is 2.28. The number of nitrogens with zero attached hydrogens (tertiary/aromatic N) is 1. The molecule has 0 bridgehead atoms. The molecule has 1 aliphatic carbocycles. The molecule has 1 heterocycles. The van der Waals surface area contributed by atoms with Gasteiger partial charge in [0, 0.05) is 17.9 Å². The molecule has 0 aromatic heterocycles. The number of benzene rings is 1. The van der Waals surface area contributed by atoms with E-state index in [0.29, 0.717) is 22.8 Å². The minimum atomic E-state index is -3.29. The molecule has 1 aromatic carbocycles. The van der Waals surface area contributed by atoms with E-state index in [1.165, 1.54) is 11.1 Å². The summed E-state index contributed by atoms with van der Waals surface area (Å²) in [4.78, 5) is 0.756. The van der Waals surface area contributed by atoms with Crippen LogP contribution in [-0.2, 0) is 22.9 Å². The predicted octanol–water partition coefficient (Wildman–Crippen LogP) is 2.33. The topological polar surface area (TPSA) is 37.4 Å². The van der Waals surface area contributed by atoms with Crippen LogP contribution in [0, 0.1) is 0 Å². The summed E-state index contributed by atoms with van der Waals surface area (Å²) < 4.78 is 26.6. The standard InChI is InChI=1S/C13H16BrNO2S/c14-12-6-7-15(9-12)18(16,17)13-5-4-10-2-1-3-11(10)8-13/h4-5,8,12H,1-3,6-7,9H2. The first-order valence-corrected chi connectivity index (χ1v) is 8.69. The van der Waals surface area contributed by atoms with Crippen LogP contribution in [0.4, 0.5) is 0 Å². The van der Waals surface area contributed by atoms with Crippen molar-refractivity contribution in [2.45, 2.75) is 35.4 Å². The molecule has 1 aliphatic heterocycles. The number of alkyl halides is 1. The first kappa shape index (κ1) is 12.6. The maximum Gasteiger partial charge on any atom is 0.243 e. The molecule has 0 spiro atoms. The highest BCUT2D eigenvalue weighted by Gasteiger charge is 2.31. The fourth-order valence-electron chi connectivity index (χ4n) is 2.76. The van der Waals surface area contributed by atoms with E-state index in [1.54, 1.807) is 10.4 Å². The molecule has 3 nitrogen and oxygen atoms in total. The summed E-state index contributed by atoms with van der Waals surface area (Å²) in [6, 6.07) is 5.62. The molecule has 18 heavy (non-hydrogen) atoms. The van der Waals surface area contributed by atoms with Crippen LogP contribution in [0.15, 0.2) is 23.1 Å². The van der Waals surface area contributed by atoms with Gasteiger partial charge in [0.15, 0.2) is 0 Å². The lowest BCUT2D eigenvalue weighted by Crippen LogP contribution is -2.29. The Bertz CT molecular complexity index is 570. The van der Waals surface area contributed by atoms with Crippen LogP contribution in [0.3, 0.4) is 0 Å². The lowest BCUT2D eigenvalue weighted by molar-refractivity contribution is 0.478. The van der Waals surface area contributed by atoms with Gasteiger partial charge in [-0.3, -0.25) is 0 Å². The fourth-order valence-corrected chi connectivity index (χ4v) is 5.06. The van der Waals surface area contributed by atoms with Crippen molar-refractivity contribution in [1.82, 2.24) is 4.31 Å². The van der Waals surface area contributed by atoms with E-state index in [1.807, 2.05) is 12.1 Å². The van der Waals surface area contributed by atoms with Gasteiger partial charge in [-0.1, -0.05) is 22.0 Å². The number of hydrogen-bond acceptors (Lipinski definition) is 2. The van der Waals surface area contributed by atoms with Crippen LogP contribution in [0.1, 0.15) is 24.0 Å². The number of aryl methyl sites for hydroxylation is 2. The van der Waals surface area contributed by atoms with Crippen LogP contribution in [0.2, 0.25) is 0 Å². The summed E-state index contributed by atoms with van der Waals surface area (Å²) in [6.07, 6.45) is 4.14. The van der Waals surface area contributed by atoms with Crippen molar-refractivity contribution < 1.29 is 8.42 Å². The number of fused-ring (bicyclic) bond motifs is 1. The zero-order valence-corrected chi connectivity index (χ0v) is 12.5. The average molecular weight is 330 g/mol. The lowest BCUT2D eigenvalue weighted by Gasteiger charge is -2.16. The Hall–Kier alpha value is -0.390. The molecule has 2 aliphatic rings. The van der Waals surface area contributed by atoms with Gasteiger partial charge < -0.3 is 0 Å². The number of sulfonamides is 1. The van der Waals surface area contributed by atoms with Crippen molar-refractivity contribution in [1.29, 1.82) is 0 Å². The third-order valence-electron chi connectivity index (χ3n) is 3.80. The summed E-state index contributed by atoms with van der Waals surface area (Å²) in [5.74, 6) is 0. The molecular weight excluding hydrogens is 314 g/mol. The first-order valence-electron chi connectivity index (χ1n) is 6.33. The van der Waals surface area contributed by atoms with Crippen LogP contribution in [0.5, 0.6) is 0 Å². The average Bonchev–Trinajstić information content (AvgIpc) is 2.96. The van der Waals surface area contributed by atoms with Crippen molar-refractivity contribution in [2.24, 2.45) is 0 Å². The van der Waals surface area contributed by atoms with E-state index >= 15 is 0 Å². The molecule has 1 atom stereocenters. The Kier molecular flexibility index (Phi) is 3.24. The highest BCUT2D eigenvalue weighted by atomic mass is 79.9. The van der Waals surface area contributed by atoms with Gasteiger partial charge in [0.25, 0.3) is 0 Å². The summed E-state index contributed by atoms with van der Waals surface area (Å²) >= 11 is 3.49. The van der Waals surface area contributed by atoms with Gasteiger partial charge in [-0.25, -0.2) is 8.42 Å². The van der Waals surface area contributed by atoms with Gasteiger partial charge in [0.05, 0.1) is 4.90 Å². The highest BCUT2D eigenvalue weighted by molar-refractivity contribution is 9.09. The first-order chi connectivity index (χ1) is 8.57. The molecule has 5 heteroatoms. The number of hydrogen-bond donors (Lipinski definition) is 0. The maximum atomic E-state index is 12.5. The normalized spacial score (nSPS) is 24.4. The summed E-state index contributed by atoms with van der Waals surface area (Å²) in [5, 5.41) is 0. The molecule has 0 radical (unpaired) electrons. The molecule has 1 saturated heterocycles. The SMILES string of the molecule is O=S(=O)(c1ccc2c(c1)CCC2)N1CCC(Br)C1. The summed E-state index contributed by atoms with van der Waals surface area (Å²) in [5.41, 5.74) is 2.53. The fraction of sp³-hybridized carbons (Fsp3) is 0.538. The smallest absolute Gasteiger partial charge is 0.207 e. The molecule has 1 aromatic rings. The zero-order chi connectivity index (χ0) is 12.8. The minimum Gasteiger partial charge on any atom is -0.207 e. The number of rotatable bonds is 2. The molecule has 98 valence electrons. The van der Waals surface area contributed by atoms with Crippen LogP contribution in [0.25, 0.3) is 0 Å². The zero-order valence-electron chi connectivity index (χ0n) is 10.1. The van der Waals surface area contributed by atoms with Crippen molar-refractivity contribution in [3.8, 4) is 0 Å². The molecule has 1 unspecified atom stereocenters.